The van der Waals surface area contributed by atoms with Crippen LogP contribution in [0.5, 0.6) is 5.75 Å². The second kappa shape index (κ2) is 9.97. The predicted molar refractivity (Wildman–Crippen MR) is 106 cm³/mol. The summed E-state index contributed by atoms with van der Waals surface area (Å²) in [5.41, 5.74) is 1.89. The summed E-state index contributed by atoms with van der Waals surface area (Å²) in [6.45, 7) is 6.67. The van der Waals surface area contributed by atoms with E-state index in [1.54, 1.807) is 24.3 Å². The van der Waals surface area contributed by atoms with Crippen LogP contribution in [0.3, 0.4) is 0 Å². The fourth-order valence-electron chi connectivity index (χ4n) is 2.57. The Bertz CT molecular complexity index is 738. The second-order valence-corrected chi connectivity index (χ2v) is 6.99. The molecule has 26 heavy (non-hydrogen) atoms. The highest BCUT2D eigenvalue weighted by Gasteiger charge is 2.14. The van der Waals surface area contributed by atoms with Crippen molar-refractivity contribution in [3.05, 3.63) is 45.6 Å². The number of benzene rings is 1. The van der Waals surface area contributed by atoms with Crippen LogP contribution < -0.4 is 15.4 Å². The molecular formula is C20H26N2O3S. The van der Waals surface area contributed by atoms with E-state index >= 15 is 0 Å². The molecule has 140 valence electrons. The summed E-state index contributed by atoms with van der Waals surface area (Å²) in [5, 5.41) is 5.45. The third kappa shape index (κ3) is 5.59. The summed E-state index contributed by atoms with van der Waals surface area (Å²) in [5.74, 6) is 0.295. The van der Waals surface area contributed by atoms with E-state index in [2.05, 4.69) is 24.5 Å². The van der Waals surface area contributed by atoms with Gasteiger partial charge in [0.15, 0.2) is 0 Å². The minimum Gasteiger partial charge on any atom is -0.494 e. The molecule has 6 heteroatoms. The largest absolute Gasteiger partial charge is 0.494 e. The van der Waals surface area contributed by atoms with Crippen LogP contribution in [0.4, 0.5) is 5.69 Å². The van der Waals surface area contributed by atoms with Crippen LogP contribution in [-0.2, 0) is 17.6 Å². The van der Waals surface area contributed by atoms with Gasteiger partial charge >= 0.3 is 0 Å². The first-order chi connectivity index (χ1) is 12.6. The third-order valence-corrected chi connectivity index (χ3v) is 5.07. The van der Waals surface area contributed by atoms with Gasteiger partial charge in [0.2, 0.25) is 5.91 Å². The van der Waals surface area contributed by atoms with Crippen LogP contribution in [0.2, 0.25) is 0 Å². The standard InChI is InChI=1S/C20H26N2O3S/c1-4-7-17-14(5-2)12-18(26-17)20(24)21-13-19(23)22-15-8-10-16(11-9-15)25-6-3/h8-12H,4-7,13H2,1-3H3,(H,21,24)(H,22,23). The molecule has 2 rings (SSSR count). The molecule has 0 unspecified atom stereocenters. The zero-order valence-corrected chi connectivity index (χ0v) is 16.4. The average molecular weight is 375 g/mol. The molecule has 0 saturated carbocycles. The number of anilines is 1. The number of carbonyl (C=O) groups is 2. The molecular weight excluding hydrogens is 348 g/mol. The fourth-order valence-corrected chi connectivity index (χ4v) is 3.84. The highest BCUT2D eigenvalue weighted by Crippen LogP contribution is 2.24. The molecule has 2 aromatic rings. The van der Waals surface area contributed by atoms with E-state index in [0.717, 1.165) is 25.0 Å². The van der Waals surface area contributed by atoms with Crippen molar-refractivity contribution in [3.63, 3.8) is 0 Å². The summed E-state index contributed by atoms with van der Waals surface area (Å²) in [6.07, 6.45) is 2.95. The summed E-state index contributed by atoms with van der Waals surface area (Å²) in [7, 11) is 0. The molecule has 2 amide bonds. The number of rotatable bonds is 9. The minimum atomic E-state index is -0.261. The smallest absolute Gasteiger partial charge is 0.261 e. The number of thiophene rings is 1. The Morgan fingerprint density at radius 3 is 2.46 bits per heavy atom. The van der Waals surface area contributed by atoms with Gasteiger partial charge in [0, 0.05) is 10.6 Å². The molecule has 2 N–H and O–H groups in total. The van der Waals surface area contributed by atoms with E-state index in [1.165, 1.54) is 21.8 Å². The third-order valence-electron chi connectivity index (χ3n) is 3.84. The fraction of sp³-hybridized carbons (Fsp3) is 0.400. The molecule has 0 radical (unpaired) electrons. The molecule has 1 aromatic carbocycles. The highest BCUT2D eigenvalue weighted by atomic mass is 32.1. The second-order valence-electron chi connectivity index (χ2n) is 5.85. The van der Waals surface area contributed by atoms with Crippen LogP contribution in [0.1, 0.15) is 47.3 Å². The topological polar surface area (TPSA) is 67.4 Å². The number of nitrogens with one attached hydrogen (secondary N) is 2. The maximum absolute atomic E-state index is 12.3. The summed E-state index contributed by atoms with van der Waals surface area (Å²) >= 11 is 1.52. The van der Waals surface area contributed by atoms with Crippen molar-refractivity contribution < 1.29 is 14.3 Å². The van der Waals surface area contributed by atoms with Gasteiger partial charge < -0.3 is 15.4 Å². The van der Waals surface area contributed by atoms with Crippen molar-refractivity contribution in [3.8, 4) is 5.75 Å². The number of ether oxygens (including phenoxy) is 1. The maximum atomic E-state index is 12.3. The van der Waals surface area contributed by atoms with Crippen molar-refractivity contribution in [1.29, 1.82) is 0 Å². The van der Waals surface area contributed by atoms with Gasteiger partial charge in [0.1, 0.15) is 5.75 Å². The van der Waals surface area contributed by atoms with Gasteiger partial charge in [0.25, 0.3) is 5.91 Å². The Morgan fingerprint density at radius 1 is 1.12 bits per heavy atom. The van der Waals surface area contributed by atoms with Gasteiger partial charge in [-0.3, -0.25) is 9.59 Å². The van der Waals surface area contributed by atoms with Gasteiger partial charge in [-0.1, -0.05) is 20.3 Å². The number of carbonyl (C=O) groups excluding carboxylic acids is 2. The van der Waals surface area contributed by atoms with Gasteiger partial charge in [-0.15, -0.1) is 11.3 Å². The SMILES string of the molecule is CCCc1sc(C(=O)NCC(=O)Nc2ccc(OCC)cc2)cc1CC. The van der Waals surface area contributed by atoms with Crippen LogP contribution in [0, 0.1) is 0 Å². The minimum absolute atomic E-state index is 0.0610. The molecule has 0 aliphatic carbocycles. The molecule has 0 spiro atoms. The number of hydrogen-bond acceptors (Lipinski definition) is 4. The molecule has 0 bridgehead atoms. The number of hydrogen-bond donors (Lipinski definition) is 2. The van der Waals surface area contributed by atoms with E-state index in [4.69, 9.17) is 4.74 Å². The van der Waals surface area contributed by atoms with Crippen molar-refractivity contribution in [2.45, 2.75) is 40.0 Å². The van der Waals surface area contributed by atoms with Crippen molar-refractivity contribution >= 4 is 28.8 Å². The Labute approximate surface area is 158 Å². The van der Waals surface area contributed by atoms with E-state index in [9.17, 15) is 9.59 Å². The average Bonchev–Trinajstić information content (AvgIpc) is 3.05. The first-order valence-electron chi connectivity index (χ1n) is 8.99. The lowest BCUT2D eigenvalue weighted by Gasteiger charge is -2.07. The molecule has 0 fully saturated rings. The lowest BCUT2D eigenvalue weighted by molar-refractivity contribution is -0.115. The van der Waals surface area contributed by atoms with Gasteiger partial charge in [0.05, 0.1) is 18.0 Å². The molecule has 1 heterocycles. The summed E-state index contributed by atoms with van der Waals surface area (Å²) < 4.78 is 5.36. The Hall–Kier alpha value is -2.34. The van der Waals surface area contributed by atoms with Crippen molar-refractivity contribution in [2.24, 2.45) is 0 Å². The molecule has 0 saturated heterocycles. The Balaban J connectivity index is 1.87. The molecule has 0 aliphatic rings. The van der Waals surface area contributed by atoms with Gasteiger partial charge in [-0.05, 0) is 55.7 Å². The van der Waals surface area contributed by atoms with Gasteiger partial charge in [-0.2, -0.15) is 0 Å². The first kappa shape index (κ1) is 20.0. The highest BCUT2D eigenvalue weighted by molar-refractivity contribution is 7.14. The molecule has 1 aromatic heterocycles. The number of amides is 2. The van der Waals surface area contributed by atoms with E-state index in [-0.39, 0.29) is 18.4 Å². The predicted octanol–water partition coefficient (Wildman–Crippen LogP) is 4.03. The Kier molecular flexibility index (Phi) is 7.66. The molecule has 0 aliphatic heterocycles. The van der Waals surface area contributed by atoms with E-state index in [1.807, 2.05) is 13.0 Å². The van der Waals surface area contributed by atoms with Crippen LogP contribution in [0.15, 0.2) is 30.3 Å². The van der Waals surface area contributed by atoms with Crippen LogP contribution in [-0.4, -0.2) is 25.0 Å². The summed E-state index contributed by atoms with van der Waals surface area (Å²) in [6, 6.07) is 9.08. The van der Waals surface area contributed by atoms with Crippen LogP contribution in [0.25, 0.3) is 0 Å². The quantitative estimate of drug-likeness (QED) is 0.696. The Morgan fingerprint density at radius 2 is 1.85 bits per heavy atom. The normalized spacial score (nSPS) is 10.4. The molecule has 0 atom stereocenters. The van der Waals surface area contributed by atoms with Crippen LogP contribution >= 0.6 is 11.3 Å². The first-order valence-corrected chi connectivity index (χ1v) is 9.81. The van der Waals surface area contributed by atoms with Crippen molar-refractivity contribution in [1.82, 2.24) is 5.32 Å². The molecule has 5 nitrogen and oxygen atoms in total. The zero-order valence-electron chi connectivity index (χ0n) is 15.6. The number of aryl methyl sites for hydroxylation is 2. The lowest BCUT2D eigenvalue weighted by atomic mass is 10.1. The summed E-state index contributed by atoms with van der Waals surface area (Å²) in [4.78, 5) is 26.3. The lowest BCUT2D eigenvalue weighted by Crippen LogP contribution is -2.32. The van der Waals surface area contributed by atoms with Crippen molar-refractivity contribution in [2.75, 3.05) is 18.5 Å². The van der Waals surface area contributed by atoms with Gasteiger partial charge in [-0.25, -0.2) is 0 Å². The monoisotopic (exact) mass is 374 g/mol. The maximum Gasteiger partial charge on any atom is 0.261 e. The zero-order chi connectivity index (χ0) is 18.9. The van der Waals surface area contributed by atoms with E-state index < -0.39 is 0 Å². The van der Waals surface area contributed by atoms with E-state index in [0.29, 0.717) is 17.2 Å².